The fourth-order valence-electron chi connectivity index (χ4n) is 1.58. The molecule has 106 valence electrons. The van der Waals surface area contributed by atoms with E-state index in [1.165, 1.54) is 12.1 Å². The summed E-state index contributed by atoms with van der Waals surface area (Å²) in [4.78, 5) is 11.2. The zero-order valence-electron chi connectivity index (χ0n) is 11.3. The van der Waals surface area contributed by atoms with Crippen LogP contribution in [0.5, 0.6) is 0 Å². The van der Waals surface area contributed by atoms with Crippen LogP contribution in [0.25, 0.3) is 0 Å². The Labute approximate surface area is 117 Å². The molecule has 0 amide bonds. The molecule has 0 fully saturated rings. The Bertz CT molecular complexity index is 384. The van der Waals surface area contributed by atoms with E-state index in [0.29, 0.717) is 12.6 Å². The minimum atomic E-state index is -0.384. The molecule has 1 aromatic rings. The van der Waals surface area contributed by atoms with E-state index in [0.717, 1.165) is 23.6 Å². The number of nitro benzene ring substituents is 1. The summed E-state index contributed by atoms with van der Waals surface area (Å²) in [6.45, 7) is 3.76. The highest BCUT2D eigenvalue weighted by molar-refractivity contribution is 7.99. The fraction of sp³-hybridized carbons (Fsp3) is 0.538. The minimum absolute atomic E-state index is 0.127. The lowest BCUT2D eigenvalue weighted by Gasteiger charge is -2.17. The van der Waals surface area contributed by atoms with Crippen LogP contribution < -0.4 is 5.32 Å². The number of rotatable bonds is 9. The van der Waals surface area contributed by atoms with E-state index >= 15 is 0 Å². The number of nitrogens with one attached hydrogen (secondary N) is 1. The van der Waals surface area contributed by atoms with Crippen molar-refractivity contribution < 1.29 is 9.66 Å². The van der Waals surface area contributed by atoms with E-state index in [1.54, 1.807) is 31.0 Å². The second kappa shape index (κ2) is 8.90. The van der Waals surface area contributed by atoms with Gasteiger partial charge in [0.1, 0.15) is 0 Å². The first-order valence-electron chi connectivity index (χ1n) is 6.27. The van der Waals surface area contributed by atoms with Gasteiger partial charge in [-0.05, 0) is 25.1 Å². The Balaban J connectivity index is 2.46. The molecule has 0 radical (unpaired) electrons. The molecule has 19 heavy (non-hydrogen) atoms. The number of hydrogen-bond donors (Lipinski definition) is 1. The molecule has 0 aliphatic heterocycles. The molecule has 1 rings (SSSR count). The normalized spacial score (nSPS) is 12.3. The second-order valence-corrected chi connectivity index (χ2v) is 5.26. The second-order valence-electron chi connectivity index (χ2n) is 4.17. The summed E-state index contributed by atoms with van der Waals surface area (Å²) in [5, 5.41) is 14.0. The van der Waals surface area contributed by atoms with Crippen LogP contribution in [-0.4, -0.2) is 37.0 Å². The SMILES string of the molecule is CCCNC(COC)CSc1ccc([N+](=O)[O-])cc1. The summed E-state index contributed by atoms with van der Waals surface area (Å²) in [6, 6.07) is 6.93. The van der Waals surface area contributed by atoms with Gasteiger partial charge in [-0.25, -0.2) is 0 Å². The Morgan fingerprint density at radius 3 is 2.63 bits per heavy atom. The van der Waals surface area contributed by atoms with Crippen molar-refractivity contribution in [1.82, 2.24) is 5.32 Å². The van der Waals surface area contributed by atoms with Gasteiger partial charge >= 0.3 is 0 Å². The van der Waals surface area contributed by atoms with Crippen LogP contribution in [0.15, 0.2) is 29.2 Å². The predicted molar refractivity (Wildman–Crippen MR) is 77.8 cm³/mol. The van der Waals surface area contributed by atoms with E-state index < -0.39 is 0 Å². The maximum Gasteiger partial charge on any atom is 0.269 e. The minimum Gasteiger partial charge on any atom is -0.383 e. The highest BCUT2D eigenvalue weighted by Crippen LogP contribution is 2.22. The topological polar surface area (TPSA) is 64.4 Å². The van der Waals surface area contributed by atoms with Gasteiger partial charge in [-0.2, -0.15) is 0 Å². The standard InChI is InChI=1S/C13H20N2O3S/c1-3-8-14-11(9-18-2)10-19-13-6-4-12(5-7-13)15(16)17/h4-7,11,14H,3,8-10H2,1-2H3. The van der Waals surface area contributed by atoms with Crippen molar-refractivity contribution in [3.8, 4) is 0 Å². The average molecular weight is 284 g/mol. The van der Waals surface area contributed by atoms with Crippen LogP contribution >= 0.6 is 11.8 Å². The van der Waals surface area contributed by atoms with Crippen LogP contribution in [-0.2, 0) is 4.74 Å². The van der Waals surface area contributed by atoms with E-state index in [9.17, 15) is 10.1 Å². The highest BCUT2D eigenvalue weighted by atomic mass is 32.2. The highest BCUT2D eigenvalue weighted by Gasteiger charge is 2.09. The van der Waals surface area contributed by atoms with E-state index in [1.807, 2.05) is 0 Å². The third-order valence-electron chi connectivity index (χ3n) is 2.55. The number of nitrogens with zero attached hydrogens (tertiary/aromatic N) is 1. The molecule has 0 heterocycles. The van der Waals surface area contributed by atoms with Crippen molar-refractivity contribution in [1.29, 1.82) is 0 Å². The van der Waals surface area contributed by atoms with Crippen molar-refractivity contribution in [2.45, 2.75) is 24.3 Å². The van der Waals surface area contributed by atoms with Crippen molar-refractivity contribution in [2.75, 3.05) is 26.0 Å². The molecule has 0 saturated heterocycles. The maximum atomic E-state index is 10.6. The number of nitro groups is 1. The summed E-state index contributed by atoms with van der Waals surface area (Å²) >= 11 is 1.67. The Morgan fingerprint density at radius 2 is 2.11 bits per heavy atom. The van der Waals surface area contributed by atoms with Crippen LogP contribution in [0.1, 0.15) is 13.3 Å². The largest absolute Gasteiger partial charge is 0.383 e. The molecule has 1 aromatic carbocycles. The molecule has 0 aliphatic carbocycles. The molecular formula is C13H20N2O3S. The molecule has 5 nitrogen and oxygen atoms in total. The van der Waals surface area contributed by atoms with Gasteiger partial charge < -0.3 is 10.1 Å². The smallest absolute Gasteiger partial charge is 0.269 e. The monoisotopic (exact) mass is 284 g/mol. The molecular weight excluding hydrogens is 264 g/mol. The van der Waals surface area contributed by atoms with Gasteiger partial charge in [0.05, 0.1) is 11.5 Å². The van der Waals surface area contributed by atoms with E-state index in [-0.39, 0.29) is 10.6 Å². The zero-order chi connectivity index (χ0) is 14.1. The number of hydrogen-bond acceptors (Lipinski definition) is 5. The van der Waals surface area contributed by atoms with Gasteiger partial charge in [-0.15, -0.1) is 11.8 Å². The van der Waals surface area contributed by atoms with Gasteiger partial charge in [-0.3, -0.25) is 10.1 Å². The molecule has 0 aromatic heterocycles. The molecule has 1 N–H and O–H groups in total. The molecule has 6 heteroatoms. The molecule has 0 aliphatic rings. The molecule has 0 bridgehead atoms. The zero-order valence-corrected chi connectivity index (χ0v) is 12.1. The number of thioether (sulfide) groups is 1. The van der Waals surface area contributed by atoms with Crippen LogP contribution in [0.4, 0.5) is 5.69 Å². The van der Waals surface area contributed by atoms with E-state index in [2.05, 4.69) is 12.2 Å². The molecule has 0 spiro atoms. The van der Waals surface area contributed by atoms with Crippen molar-refractivity contribution in [3.05, 3.63) is 34.4 Å². The molecule has 1 unspecified atom stereocenters. The van der Waals surface area contributed by atoms with Gasteiger partial charge in [0.15, 0.2) is 0 Å². The number of non-ortho nitro benzene ring substituents is 1. The van der Waals surface area contributed by atoms with Crippen LogP contribution in [0.2, 0.25) is 0 Å². The Morgan fingerprint density at radius 1 is 1.42 bits per heavy atom. The maximum absolute atomic E-state index is 10.6. The van der Waals surface area contributed by atoms with Gasteiger partial charge in [-0.1, -0.05) is 6.92 Å². The average Bonchev–Trinajstić information content (AvgIpc) is 2.42. The first kappa shape index (κ1) is 15.9. The van der Waals surface area contributed by atoms with Gasteiger partial charge in [0.25, 0.3) is 5.69 Å². The Kier molecular flexibility index (Phi) is 7.47. The number of ether oxygens (including phenoxy) is 1. The third kappa shape index (κ3) is 6.04. The lowest BCUT2D eigenvalue weighted by Crippen LogP contribution is -2.35. The lowest BCUT2D eigenvalue weighted by atomic mass is 10.3. The van der Waals surface area contributed by atoms with Gasteiger partial charge in [0.2, 0.25) is 0 Å². The van der Waals surface area contributed by atoms with Crippen molar-refractivity contribution >= 4 is 17.4 Å². The quantitative estimate of drug-likeness (QED) is 0.429. The molecule has 1 atom stereocenters. The Hall–Kier alpha value is -1.11. The lowest BCUT2D eigenvalue weighted by molar-refractivity contribution is -0.384. The van der Waals surface area contributed by atoms with Crippen molar-refractivity contribution in [3.63, 3.8) is 0 Å². The number of methoxy groups -OCH3 is 1. The summed E-state index contributed by atoms with van der Waals surface area (Å²) in [6.07, 6.45) is 1.09. The van der Waals surface area contributed by atoms with Gasteiger partial charge in [0, 0.05) is 35.9 Å². The first-order chi connectivity index (χ1) is 9.17. The van der Waals surface area contributed by atoms with E-state index in [4.69, 9.17) is 4.74 Å². The third-order valence-corrected chi connectivity index (χ3v) is 3.72. The summed E-state index contributed by atoms with van der Waals surface area (Å²) in [5.74, 6) is 0.881. The first-order valence-corrected chi connectivity index (χ1v) is 7.25. The van der Waals surface area contributed by atoms with Crippen LogP contribution in [0.3, 0.4) is 0 Å². The number of benzene rings is 1. The predicted octanol–water partition coefficient (Wildman–Crippen LogP) is 2.70. The molecule has 0 saturated carbocycles. The van der Waals surface area contributed by atoms with Crippen LogP contribution in [0, 0.1) is 10.1 Å². The fourth-order valence-corrected chi connectivity index (χ4v) is 2.51. The van der Waals surface area contributed by atoms with Crippen molar-refractivity contribution in [2.24, 2.45) is 0 Å². The summed E-state index contributed by atoms with van der Waals surface area (Å²) in [7, 11) is 1.69. The summed E-state index contributed by atoms with van der Waals surface area (Å²) in [5.41, 5.74) is 0.127. The summed E-state index contributed by atoms with van der Waals surface area (Å²) < 4.78 is 5.17.